The van der Waals surface area contributed by atoms with Crippen molar-refractivity contribution in [2.45, 2.75) is 13.3 Å². The molecule has 0 bridgehead atoms. The monoisotopic (exact) mass is 262 g/mol. The average molecular weight is 262 g/mol. The number of hydrogen-bond acceptors (Lipinski definition) is 4. The van der Waals surface area contributed by atoms with Gasteiger partial charge in [0.15, 0.2) is 0 Å². The first-order valence-corrected chi connectivity index (χ1v) is 6.64. The van der Waals surface area contributed by atoms with E-state index in [0.29, 0.717) is 17.2 Å². The van der Waals surface area contributed by atoms with Gasteiger partial charge in [-0.05, 0) is 45.0 Å². The summed E-state index contributed by atoms with van der Waals surface area (Å²) in [6.07, 6.45) is 1.15. The van der Waals surface area contributed by atoms with Crippen molar-refractivity contribution in [1.29, 1.82) is 0 Å². The summed E-state index contributed by atoms with van der Waals surface area (Å²) in [5.41, 5.74) is 4.88. The van der Waals surface area contributed by atoms with E-state index in [1.807, 2.05) is 25.1 Å². The van der Waals surface area contributed by atoms with Crippen LogP contribution in [-0.4, -0.2) is 37.5 Å². The number of likely N-dealkylation sites (tertiary alicyclic amines) is 1. The quantitative estimate of drug-likeness (QED) is 0.558. The molecule has 1 amide bonds. The average Bonchev–Trinajstić information content (AvgIpc) is 2.81. The number of hydrazine groups is 1. The van der Waals surface area contributed by atoms with Crippen molar-refractivity contribution in [3.63, 3.8) is 0 Å². The molecule has 1 heterocycles. The Bertz CT molecular complexity index is 461. The number of carbonyl (C=O) groups is 1. The number of nitrogen functional groups attached to an aromatic ring is 1. The zero-order valence-electron chi connectivity index (χ0n) is 11.6. The van der Waals surface area contributed by atoms with Crippen LogP contribution >= 0.6 is 0 Å². The van der Waals surface area contributed by atoms with Crippen molar-refractivity contribution in [3.05, 3.63) is 29.3 Å². The lowest BCUT2D eigenvalue weighted by Gasteiger charge is -2.14. The van der Waals surface area contributed by atoms with Gasteiger partial charge in [0.2, 0.25) is 0 Å². The summed E-state index contributed by atoms with van der Waals surface area (Å²) in [7, 11) is 2.11. The van der Waals surface area contributed by atoms with E-state index >= 15 is 0 Å². The Hall–Kier alpha value is -1.59. The summed E-state index contributed by atoms with van der Waals surface area (Å²) >= 11 is 0. The van der Waals surface area contributed by atoms with Gasteiger partial charge < -0.3 is 15.6 Å². The molecule has 104 valence electrons. The van der Waals surface area contributed by atoms with Gasteiger partial charge in [0, 0.05) is 13.1 Å². The van der Waals surface area contributed by atoms with Crippen molar-refractivity contribution < 1.29 is 4.79 Å². The third-order valence-corrected chi connectivity index (χ3v) is 3.62. The van der Waals surface area contributed by atoms with E-state index < -0.39 is 0 Å². The molecule has 19 heavy (non-hydrogen) atoms. The van der Waals surface area contributed by atoms with Crippen molar-refractivity contribution in [3.8, 4) is 0 Å². The number of nitrogens with zero attached hydrogens (tertiary/aromatic N) is 1. The highest BCUT2D eigenvalue weighted by Gasteiger charge is 2.20. The number of benzene rings is 1. The van der Waals surface area contributed by atoms with Crippen LogP contribution in [0.2, 0.25) is 0 Å². The van der Waals surface area contributed by atoms with E-state index in [1.54, 1.807) is 0 Å². The van der Waals surface area contributed by atoms with Crippen molar-refractivity contribution in [2.75, 3.05) is 32.1 Å². The fourth-order valence-electron chi connectivity index (χ4n) is 2.50. The molecule has 0 saturated carbocycles. The maximum Gasteiger partial charge on any atom is 0.253 e. The summed E-state index contributed by atoms with van der Waals surface area (Å²) in [4.78, 5) is 14.5. The molecule has 2 rings (SSSR count). The summed E-state index contributed by atoms with van der Waals surface area (Å²) in [5, 5.41) is 3.00. The van der Waals surface area contributed by atoms with Crippen LogP contribution in [-0.2, 0) is 0 Å². The molecule has 4 N–H and O–H groups in total. The van der Waals surface area contributed by atoms with Gasteiger partial charge >= 0.3 is 0 Å². The van der Waals surface area contributed by atoms with Crippen LogP contribution < -0.4 is 16.6 Å². The SMILES string of the molecule is Cc1ccc(NN)c(C(=O)NCC2CCN(C)C2)c1. The lowest BCUT2D eigenvalue weighted by molar-refractivity contribution is 0.0948. The molecule has 0 spiro atoms. The van der Waals surface area contributed by atoms with E-state index in [0.717, 1.165) is 31.6 Å². The Morgan fingerprint density at radius 1 is 1.53 bits per heavy atom. The Kier molecular flexibility index (Phi) is 4.39. The summed E-state index contributed by atoms with van der Waals surface area (Å²) in [6, 6.07) is 5.61. The normalized spacial score (nSPS) is 19.4. The van der Waals surface area contributed by atoms with Crippen LogP contribution in [0.5, 0.6) is 0 Å². The molecular weight excluding hydrogens is 240 g/mol. The zero-order chi connectivity index (χ0) is 13.8. The molecule has 1 atom stereocenters. The molecule has 5 nitrogen and oxygen atoms in total. The third-order valence-electron chi connectivity index (χ3n) is 3.62. The molecule has 1 fully saturated rings. The first kappa shape index (κ1) is 13.8. The molecule has 1 aliphatic heterocycles. The minimum atomic E-state index is -0.0637. The second-order valence-corrected chi connectivity index (χ2v) is 5.32. The second kappa shape index (κ2) is 6.04. The van der Waals surface area contributed by atoms with Gasteiger partial charge in [0.1, 0.15) is 0 Å². The van der Waals surface area contributed by atoms with Gasteiger partial charge in [-0.3, -0.25) is 10.6 Å². The van der Waals surface area contributed by atoms with Gasteiger partial charge in [0.25, 0.3) is 5.91 Å². The molecular formula is C14H22N4O. The van der Waals surface area contributed by atoms with Gasteiger partial charge in [-0.2, -0.15) is 0 Å². The predicted molar refractivity (Wildman–Crippen MR) is 76.9 cm³/mol. The minimum absolute atomic E-state index is 0.0637. The van der Waals surface area contributed by atoms with E-state index in [9.17, 15) is 4.79 Å². The van der Waals surface area contributed by atoms with Crippen LogP contribution in [0.1, 0.15) is 22.3 Å². The van der Waals surface area contributed by atoms with Gasteiger partial charge in [-0.1, -0.05) is 11.6 Å². The van der Waals surface area contributed by atoms with Crippen LogP contribution in [0.4, 0.5) is 5.69 Å². The first-order valence-electron chi connectivity index (χ1n) is 6.64. The maximum atomic E-state index is 12.2. The standard InChI is InChI=1S/C14H22N4O/c1-10-3-4-13(17-15)12(7-10)14(19)16-8-11-5-6-18(2)9-11/h3-4,7,11,17H,5-6,8-9,15H2,1-2H3,(H,16,19). The third kappa shape index (κ3) is 3.45. The highest BCUT2D eigenvalue weighted by atomic mass is 16.1. The summed E-state index contributed by atoms with van der Waals surface area (Å²) in [5.74, 6) is 5.92. The van der Waals surface area contributed by atoms with Crippen LogP contribution in [0.15, 0.2) is 18.2 Å². The molecule has 0 radical (unpaired) electrons. The smallest absolute Gasteiger partial charge is 0.253 e. The molecule has 1 aromatic carbocycles. The van der Waals surface area contributed by atoms with E-state index in [2.05, 4.69) is 22.7 Å². The number of aryl methyl sites for hydroxylation is 1. The number of hydrogen-bond donors (Lipinski definition) is 3. The van der Waals surface area contributed by atoms with Gasteiger partial charge in [-0.25, -0.2) is 0 Å². The van der Waals surface area contributed by atoms with Crippen LogP contribution in [0.25, 0.3) is 0 Å². The van der Waals surface area contributed by atoms with E-state index in [1.165, 1.54) is 0 Å². The number of anilines is 1. The van der Waals surface area contributed by atoms with E-state index in [-0.39, 0.29) is 5.91 Å². The number of amides is 1. The maximum absolute atomic E-state index is 12.2. The van der Waals surface area contributed by atoms with E-state index in [4.69, 9.17) is 5.84 Å². The first-order chi connectivity index (χ1) is 9.10. The molecule has 0 aromatic heterocycles. The summed E-state index contributed by atoms with van der Waals surface area (Å²) in [6.45, 7) is 4.85. The topological polar surface area (TPSA) is 70.4 Å². The highest BCUT2D eigenvalue weighted by molar-refractivity contribution is 5.99. The van der Waals surface area contributed by atoms with Crippen molar-refractivity contribution in [1.82, 2.24) is 10.2 Å². The summed E-state index contributed by atoms with van der Waals surface area (Å²) < 4.78 is 0. The van der Waals surface area contributed by atoms with Crippen LogP contribution in [0.3, 0.4) is 0 Å². The largest absolute Gasteiger partial charge is 0.352 e. The van der Waals surface area contributed by atoms with Crippen molar-refractivity contribution >= 4 is 11.6 Å². The molecule has 1 aliphatic rings. The Morgan fingerprint density at radius 2 is 2.32 bits per heavy atom. The fraction of sp³-hybridized carbons (Fsp3) is 0.500. The Morgan fingerprint density at radius 3 is 2.95 bits per heavy atom. The Balaban J connectivity index is 1.97. The lowest BCUT2D eigenvalue weighted by Crippen LogP contribution is -2.31. The van der Waals surface area contributed by atoms with Crippen LogP contribution in [0, 0.1) is 12.8 Å². The zero-order valence-corrected chi connectivity index (χ0v) is 11.6. The number of nitrogens with one attached hydrogen (secondary N) is 2. The highest BCUT2D eigenvalue weighted by Crippen LogP contribution is 2.17. The predicted octanol–water partition coefficient (Wildman–Crippen LogP) is 0.962. The Labute approximate surface area is 114 Å². The van der Waals surface area contributed by atoms with Gasteiger partial charge in [0.05, 0.1) is 11.3 Å². The number of carbonyl (C=O) groups excluding carboxylic acids is 1. The van der Waals surface area contributed by atoms with Gasteiger partial charge in [-0.15, -0.1) is 0 Å². The lowest BCUT2D eigenvalue weighted by atomic mass is 10.1. The molecule has 5 heteroatoms. The molecule has 1 aromatic rings. The van der Waals surface area contributed by atoms with Crippen molar-refractivity contribution in [2.24, 2.45) is 11.8 Å². The molecule has 1 saturated heterocycles. The molecule has 1 unspecified atom stereocenters. The number of rotatable bonds is 4. The fourth-order valence-corrected chi connectivity index (χ4v) is 2.50. The second-order valence-electron chi connectivity index (χ2n) is 5.32. The molecule has 0 aliphatic carbocycles. The number of nitrogens with two attached hydrogens (primary N) is 1. The minimum Gasteiger partial charge on any atom is -0.352 e.